The second kappa shape index (κ2) is 8.66. The van der Waals surface area contributed by atoms with Crippen molar-refractivity contribution in [1.29, 1.82) is 0 Å². The lowest BCUT2D eigenvalue weighted by molar-refractivity contribution is -0.146. The van der Waals surface area contributed by atoms with E-state index in [1.54, 1.807) is 25.1 Å². The van der Waals surface area contributed by atoms with Gasteiger partial charge in [0.15, 0.2) is 6.73 Å². The summed E-state index contributed by atoms with van der Waals surface area (Å²) in [4.78, 5) is 16.8. The Labute approximate surface area is 175 Å². The number of nitrogens with zero attached hydrogens (tertiary/aromatic N) is 2. The van der Waals surface area contributed by atoms with E-state index in [2.05, 4.69) is 0 Å². The van der Waals surface area contributed by atoms with Gasteiger partial charge in [0.2, 0.25) is 0 Å². The van der Waals surface area contributed by atoms with Crippen LogP contribution in [-0.4, -0.2) is 20.6 Å². The predicted molar refractivity (Wildman–Crippen MR) is 117 cm³/mol. The van der Waals surface area contributed by atoms with Crippen molar-refractivity contribution >= 4 is 5.97 Å². The van der Waals surface area contributed by atoms with Crippen molar-refractivity contribution in [3.63, 3.8) is 0 Å². The molecular formula is C25H22N2O3. The number of carbonyl (C=O) groups is 1. The van der Waals surface area contributed by atoms with Crippen molar-refractivity contribution < 1.29 is 14.6 Å². The Morgan fingerprint density at radius 3 is 2.17 bits per heavy atom. The summed E-state index contributed by atoms with van der Waals surface area (Å²) in [6.45, 7) is 1.79. The molecule has 150 valence electrons. The molecule has 0 atom stereocenters. The lowest BCUT2D eigenvalue weighted by atomic mass is 10.0. The molecule has 0 radical (unpaired) electrons. The molecule has 0 aliphatic heterocycles. The first kappa shape index (κ1) is 19.5. The molecule has 5 nitrogen and oxygen atoms in total. The number of imidazole rings is 1. The maximum absolute atomic E-state index is 11.9. The average molecular weight is 398 g/mol. The molecule has 0 saturated carbocycles. The van der Waals surface area contributed by atoms with Gasteiger partial charge in [0.25, 0.3) is 0 Å². The number of esters is 1. The predicted octanol–water partition coefficient (Wildman–Crippen LogP) is 5.50. The first-order valence-electron chi connectivity index (χ1n) is 9.83. The number of hydrogen-bond donors (Lipinski definition) is 1. The van der Waals surface area contributed by atoms with E-state index in [0.29, 0.717) is 12.2 Å². The number of hydrogen-bond acceptors (Lipinski definition) is 4. The number of ether oxygens (including phenoxy) is 1. The summed E-state index contributed by atoms with van der Waals surface area (Å²) in [5, 5.41) is 10.0. The van der Waals surface area contributed by atoms with E-state index in [1.165, 1.54) is 0 Å². The van der Waals surface area contributed by atoms with Crippen molar-refractivity contribution in [2.24, 2.45) is 0 Å². The smallest absolute Gasteiger partial charge is 0.307 e. The van der Waals surface area contributed by atoms with Gasteiger partial charge in [-0.05, 0) is 12.1 Å². The van der Waals surface area contributed by atoms with E-state index < -0.39 is 0 Å². The number of aromatic hydroxyl groups is 1. The van der Waals surface area contributed by atoms with Gasteiger partial charge < -0.3 is 9.84 Å². The Hall–Kier alpha value is -3.86. The fraction of sp³-hybridized carbons (Fsp3) is 0.120. The van der Waals surface area contributed by atoms with Gasteiger partial charge in [-0.2, -0.15) is 0 Å². The fourth-order valence-corrected chi connectivity index (χ4v) is 3.37. The molecule has 0 amide bonds. The van der Waals surface area contributed by atoms with Crippen LogP contribution < -0.4 is 0 Å². The minimum absolute atomic E-state index is 0.0295. The number of benzene rings is 3. The highest BCUT2D eigenvalue weighted by molar-refractivity contribution is 5.82. The monoisotopic (exact) mass is 398 g/mol. The first-order chi connectivity index (χ1) is 14.7. The third-order valence-corrected chi connectivity index (χ3v) is 4.81. The highest BCUT2D eigenvalue weighted by Crippen LogP contribution is 2.36. The summed E-state index contributed by atoms with van der Waals surface area (Å²) in [6, 6.07) is 26.7. The standard InChI is InChI=1S/C25H22N2O3/c1-2-22(29)30-17-27-24(19-12-7-4-8-13-19)23(18-10-5-3-6-11-18)26-25(27)20-14-9-15-21(28)16-20/h3-16,28H,2,17H2,1H3. The molecule has 4 aromatic rings. The van der Waals surface area contributed by atoms with Crippen LogP contribution in [-0.2, 0) is 16.3 Å². The minimum atomic E-state index is -0.286. The molecule has 0 aliphatic carbocycles. The van der Waals surface area contributed by atoms with Gasteiger partial charge in [0.05, 0.1) is 11.4 Å². The van der Waals surface area contributed by atoms with E-state index in [1.807, 2.05) is 71.3 Å². The van der Waals surface area contributed by atoms with E-state index in [4.69, 9.17) is 9.72 Å². The topological polar surface area (TPSA) is 64.3 Å². The minimum Gasteiger partial charge on any atom is -0.508 e. The molecule has 1 N–H and O–H groups in total. The van der Waals surface area contributed by atoms with Crippen LogP contribution in [0.1, 0.15) is 13.3 Å². The summed E-state index contributed by atoms with van der Waals surface area (Å²) in [6.07, 6.45) is 0.294. The molecule has 4 rings (SSSR count). The zero-order chi connectivity index (χ0) is 20.9. The van der Waals surface area contributed by atoms with Crippen molar-refractivity contribution in [2.45, 2.75) is 20.1 Å². The van der Waals surface area contributed by atoms with Crippen LogP contribution in [0.2, 0.25) is 0 Å². The summed E-state index contributed by atoms with van der Waals surface area (Å²) >= 11 is 0. The van der Waals surface area contributed by atoms with Crippen LogP contribution in [0.25, 0.3) is 33.9 Å². The molecule has 3 aromatic carbocycles. The summed E-state index contributed by atoms with van der Waals surface area (Å²) in [7, 11) is 0. The van der Waals surface area contributed by atoms with Crippen molar-refractivity contribution in [1.82, 2.24) is 9.55 Å². The van der Waals surface area contributed by atoms with Crippen LogP contribution >= 0.6 is 0 Å². The Bertz CT molecular complexity index is 1150. The summed E-state index contributed by atoms with van der Waals surface area (Å²) in [5.41, 5.74) is 4.29. The molecule has 0 spiro atoms. The fourth-order valence-electron chi connectivity index (χ4n) is 3.37. The van der Waals surface area contributed by atoms with Crippen molar-refractivity contribution in [2.75, 3.05) is 0 Å². The molecule has 1 aromatic heterocycles. The molecule has 0 fully saturated rings. The molecule has 0 aliphatic rings. The first-order valence-corrected chi connectivity index (χ1v) is 9.83. The van der Waals surface area contributed by atoms with Crippen LogP contribution in [0.15, 0.2) is 84.9 Å². The molecule has 5 heteroatoms. The van der Waals surface area contributed by atoms with Gasteiger partial charge in [-0.25, -0.2) is 4.98 Å². The molecule has 0 saturated heterocycles. The van der Waals surface area contributed by atoms with Crippen molar-refractivity contribution in [3.05, 3.63) is 84.9 Å². The van der Waals surface area contributed by atoms with Crippen LogP contribution in [0.4, 0.5) is 0 Å². The maximum atomic E-state index is 11.9. The van der Waals surface area contributed by atoms with E-state index >= 15 is 0 Å². The van der Waals surface area contributed by atoms with Crippen LogP contribution in [0.5, 0.6) is 5.75 Å². The summed E-state index contributed by atoms with van der Waals surface area (Å²) in [5.74, 6) is 0.480. The third-order valence-electron chi connectivity index (χ3n) is 4.81. The van der Waals surface area contributed by atoms with E-state index in [-0.39, 0.29) is 18.4 Å². The Morgan fingerprint density at radius 1 is 0.900 bits per heavy atom. The highest BCUT2D eigenvalue weighted by Gasteiger charge is 2.22. The Balaban J connectivity index is 1.97. The maximum Gasteiger partial charge on any atom is 0.307 e. The van der Waals surface area contributed by atoms with Crippen LogP contribution in [0.3, 0.4) is 0 Å². The number of carbonyl (C=O) groups excluding carboxylic acids is 1. The van der Waals surface area contributed by atoms with Gasteiger partial charge >= 0.3 is 5.97 Å². The molecule has 0 unspecified atom stereocenters. The third kappa shape index (κ3) is 3.96. The lowest BCUT2D eigenvalue weighted by Crippen LogP contribution is -2.10. The molecule has 1 heterocycles. The SMILES string of the molecule is CCC(=O)OCn1c(-c2cccc(O)c2)nc(-c2ccccc2)c1-c1ccccc1. The number of rotatable bonds is 6. The normalized spacial score (nSPS) is 10.7. The largest absolute Gasteiger partial charge is 0.508 e. The number of aromatic nitrogens is 2. The van der Waals surface area contributed by atoms with E-state index in [9.17, 15) is 9.90 Å². The second-order valence-electron chi connectivity index (χ2n) is 6.84. The van der Waals surface area contributed by atoms with E-state index in [0.717, 1.165) is 28.1 Å². The zero-order valence-electron chi connectivity index (χ0n) is 16.7. The summed E-state index contributed by atoms with van der Waals surface area (Å²) < 4.78 is 7.39. The number of phenols is 1. The number of phenolic OH excluding ortho intramolecular Hbond substituents is 1. The van der Waals surface area contributed by atoms with Gasteiger partial charge in [-0.15, -0.1) is 0 Å². The van der Waals surface area contributed by atoms with Gasteiger partial charge in [-0.3, -0.25) is 9.36 Å². The zero-order valence-corrected chi connectivity index (χ0v) is 16.7. The Kier molecular flexibility index (Phi) is 5.61. The average Bonchev–Trinajstić information content (AvgIpc) is 3.18. The van der Waals surface area contributed by atoms with Gasteiger partial charge in [0.1, 0.15) is 11.6 Å². The molecule has 30 heavy (non-hydrogen) atoms. The van der Waals surface area contributed by atoms with Gasteiger partial charge in [0, 0.05) is 23.1 Å². The quantitative estimate of drug-likeness (QED) is 0.436. The Morgan fingerprint density at radius 2 is 1.53 bits per heavy atom. The molecular weight excluding hydrogens is 376 g/mol. The molecule has 0 bridgehead atoms. The second-order valence-corrected chi connectivity index (χ2v) is 6.84. The van der Waals surface area contributed by atoms with Crippen molar-refractivity contribution in [3.8, 4) is 39.7 Å². The lowest BCUT2D eigenvalue weighted by Gasteiger charge is -2.13. The highest BCUT2D eigenvalue weighted by atomic mass is 16.5. The van der Waals surface area contributed by atoms with Crippen LogP contribution in [0, 0.1) is 0 Å². The van der Waals surface area contributed by atoms with Gasteiger partial charge in [-0.1, -0.05) is 79.7 Å².